The van der Waals surface area contributed by atoms with Crippen molar-refractivity contribution in [3.05, 3.63) is 56.7 Å². The normalized spacial score (nSPS) is 11.6. The molecule has 0 amide bonds. The lowest BCUT2D eigenvalue weighted by molar-refractivity contribution is -0.334. The van der Waals surface area contributed by atoms with Crippen LogP contribution in [0.1, 0.15) is 25.5 Å². The number of nitrogens with one attached hydrogen (secondary N) is 2. The summed E-state index contributed by atoms with van der Waals surface area (Å²) < 4.78 is 4.26. The van der Waals surface area contributed by atoms with Gasteiger partial charge in [0.1, 0.15) is 10.9 Å². The summed E-state index contributed by atoms with van der Waals surface area (Å²) in [6.07, 6.45) is 1.91. The average Bonchev–Trinajstić information content (AvgIpc) is 3.15. The fraction of sp³-hybridized carbons (Fsp3) is 0.278. The first-order chi connectivity index (χ1) is 12.1. The Kier molecular flexibility index (Phi) is 3.80. The van der Waals surface area contributed by atoms with E-state index in [1.54, 1.807) is 4.57 Å². The van der Waals surface area contributed by atoms with Crippen molar-refractivity contribution in [1.29, 1.82) is 0 Å². The summed E-state index contributed by atoms with van der Waals surface area (Å²) in [7, 11) is 0. The summed E-state index contributed by atoms with van der Waals surface area (Å²) in [6, 6.07) is 9.42. The van der Waals surface area contributed by atoms with E-state index in [0.29, 0.717) is 22.6 Å². The highest BCUT2D eigenvalue weighted by Gasteiger charge is 2.22. The van der Waals surface area contributed by atoms with Crippen LogP contribution >= 0.6 is 11.3 Å². The number of rotatable bonds is 4. The molecule has 4 aromatic rings. The molecule has 0 bridgehead atoms. The molecule has 0 fully saturated rings. The lowest BCUT2D eigenvalue weighted by Crippen LogP contribution is -2.24. The van der Waals surface area contributed by atoms with Gasteiger partial charge < -0.3 is 4.57 Å². The standard InChI is InChI=1S/C18H18N4O2S/c1-3-4-9-21-11(2)16-13(10-15(21)23)20-22(17(16)24)18-19-12-7-5-6-8-14(12)25-18/h5-8,10,20H,3-4,9H2,1-2H3/p+1. The second kappa shape index (κ2) is 6.00. The van der Waals surface area contributed by atoms with Crippen LogP contribution in [0.15, 0.2) is 39.9 Å². The van der Waals surface area contributed by atoms with E-state index in [-0.39, 0.29) is 11.1 Å². The van der Waals surface area contributed by atoms with Gasteiger partial charge >= 0.3 is 10.7 Å². The first-order valence-electron chi connectivity index (χ1n) is 8.36. The number of H-pyrrole nitrogens is 2. The van der Waals surface area contributed by atoms with Gasteiger partial charge in [0.05, 0.1) is 10.2 Å². The van der Waals surface area contributed by atoms with Gasteiger partial charge in [-0.2, -0.15) is 0 Å². The van der Waals surface area contributed by atoms with Gasteiger partial charge in [-0.25, -0.2) is 14.9 Å². The van der Waals surface area contributed by atoms with E-state index in [1.807, 2.05) is 31.2 Å². The Morgan fingerprint density at radius 3 is 2.80 bits per heavy atom. The predicted octanol–water partition coefficient (Wildman–Crippen LogP) is 2.62. The third-order valence-corrected chi connectivity index (χ3v) is 5.55. The molecule has 128 valence electrons. The van der Waals surface area contributed by atoms with Crippen molar-refractivity contribution < 1.29 is 4.98 Å². The van der Waals surface area contributed by atoms with E-state index in [4.69, 9.17) is 0 Å². The molecule has 2 N–H and O–H groups in total. The van der Waals surface area contributed by atoms with Crippen molar-refractivity contribution in [2.75, 3.05) is 0 Å². The summed E-state index contributed by atoms with van der Waals surface area (Å²) in [6.45, 7) is 4.56. The monoisotopic (exact) mass is 355 g/mol. The first-order valence-corrected chi connectivity index (χ1v) is 9.18. The summed E-state index contributed by atoms with van der Waals surface area (Å²) in [5, 5.41) is 4.35. The quantitative estimate of drug-likeness (QED) is 0.611. The molecule has 0 aliphatic heterocycles. The third kappa shape index (κ3) is 2.51. The maximum atomic E-state index is 13.0. The molecule has 0 spiro atoms. The molecule has 6 nitrogen and oxygen atoms in total. The van der Waals surface area contributed by atoms with Crippen molar-refractivity contribution >= 4 is 32.5 Å². The summed E-state index contributed by atoms with van der Waals surface area (Å²) in [5.74, 6) is 0. The lowest BCUT2D eigenvalue weighted by Gasteiger charge is -2.08. The third-order valence-electron chi connectivity index (χ3n) is 4.49. The number of hydrogen-bond acceptors (Lipinski definition) is 3. The number of hydrogen-bond donors (Lipinski definition) is 1. The second-order valence-corrected chi connectivity index (χ2v) is 7.17. The maximum absolute atomic E-state index is 13.0. The lowest BCUT2D eigenvalue weighted by atomic mass is 10.2. The van der Waals surface area contributed by atoms with E-state index < -0.39 is 0 Å². The number of pyridine rings is 1. The number of benzene rings is 1. The highest BCUT2D eigenvalue weighted by molar-refractivity contribution is 7.20. The Labute approximate surface area is 147 Å². The predicted molar refractivity (Wildman–Crippen MR) is 99.7 cm³/mol. The molecule has 4 rings (SSSR count). The zero-order chi connectivity index (χ0) is 17.6. The molecular weight excluding hydrogens is 336 g/mol. The van der Waals surface area contributed by atoms with Gasteiger partial charge in [0.2, 0.25) is 0 Å². The van der Waals surface area contributed by atoms with Crippen LogP contribution in [-0.4, -0.2) is 14.3 Å². The van der Waals surface area contributed by atoms with Gasteiger partial charge in [0.15, 0.2) is 0 Å². The van der Waals surface area contributed by atoms with Gasteiger partial charge in [-0.1, -0.05) is 30.2 Å². The van der Waals surface area contributed by atoms with Crippen LogP contribution in [-0.2, 0) is 6.54 Å². The van der Waals surface area contributed by atoms with Crippen LogP contribution in [0.5, 0.6) is 0 Å². The minimum Gasteiger partial charge on any atom is -0.312 e. The van der Waals surface area contributed by atoms with E-state index in [9.17, 15) is 9.59 Å². The number of unbranched alkanes of at least 4 members (excludes halogenated alkanes) is 1. The van der Waals surface area contributed by atoms with Crippen molar-refractivity contribution in [3.8, 4) is 5.13 Å². The van der Waals surface area contributed by atoms with Gasteiger partial charge in [0.25, 0.3) is 5.56 Å². The van der Waals surface area contributed by atoms with Crippen molar-refractivity contribution in [2.45, 2.75) is 33.2 Å². The van der Waals surface area contributed by atoms with Crippen LogP contribution in [0.25, 0.3) is 26.3 Å². The average molecular weight is 355 g/mol. The zero-order valence-corrected chi connectivity index (χ0v) is 14.9. The number of fused-ring (bicyclic) bond motifs is 2. The summed E-state index contributed by atoms with van der Waals surface area (Å²) in [5.41, 5.74) is 2.06. The van der Waals surface area contributed by atoms with Gasteiger partial charge in [-0.15, -0.1) is 0 Å². The van der Waals surface area contributed by atoms with E-state index in [2.05, 4.69) is 17.0 Å². The summed E-state index contributed by atoms with van der Waals surface area (Å²) in [4.78, 5) is 28.6. The van der Waals surface area contributed by atoms with Crippen molar-refractivity contribution in [2.24, 2.45) is 0 Å². The molecule has 3 heterocycles. The Balaban J connectivity index is 1.94. The maximum Gasteiger partial charge on any atom is 0.369 e. The molecule has 7 heteroatoms. The Hall–Kier alpha value is -2.67. The molecule has 1 aromatic carbocycles. The number of aryl methyl sites for hydroxylation is 1. The van der Waals surface area contributed by atoms with E-state index in [0.717, 1.165) is 28.8 Å². The van der Waals surface area contributed by atoms with Crippen LogP contribution in [0.4, 0.5) is 0 Å². The molecule has 0 radical (unpaired) electrons. The number of aromatic nitrogens is 4. The topological polar surface area (TPSA) is 73.9 Å². The number of para-hydroxylation sites is 1. The highest BCUT2D eigenvalue weighted by Crippen LogP contribution is 2.21. The van der Waals surface area contributed by atoms with Gasteiger partial charge in [-0.3, -0.25) is 4.79 Å². The van der Waals surface area contributed by atoms with Crippen LogP contribution in [0.2, 0.25) is 0 Å². The molecular formula is C18H19N4O2S+. The second-order valence-electron chi connectivity index (χ2n) is 6.14. The Morgan fingerprint density at radius 2 is 2.04 bits per heavy atom. The van der Waals surface area contributed by atoms with E-state index in [1.165, 1.54) is 22.1 Å². The minimum absolute atomic E-state index is 0.0767. The summed E-state index contributed by atoms with van der Waals surface area (Å²) >= 11 is 1.50. The van der Waals surface area contributed by atoms with Crippen LogP contribution in [0, 0.1) is 6.92 Å². The van der Waals surface area contributed by atoms with Gasteiger partial charge in [0, 0.05) is 18.3 Å². The van der Waals surface area contributed by atoms with Crippen molar-refractivity contribution in [1.82, 2.24) is 14.3 Å². The highest BCUT2D eigenvalue weighted by atomic mass is 32.1. The first kappa shape index (κ1) is 15.8. The van der Waals surface area contributed by atoms with Crippen LogP contribution < -0.4 is 16.1 Å². The molecule has 0 saturated heterocycles. The molecule has 0 saturated carbocycles. The molecule has 0 aliphatic rings. The molecule has 0 atom stereocenters. The fourth-order valence-corrected chi connectivity index (χ4v) is 4.12. The molecule has 25 heavy (non-hydrogen) atoms. The van der Waals surface area contributed by atoms with E-state index >= 15 is 0 Å². The van der Waals surface area contributed by atoms with Crippen molar-refractivity contribution in [3.63, 3.8) is 0 Å². The molecule has 3 aromatic heterocycles. The fourth-order valence-electron chi connectivity index (χ4n) is 3.15. The molecule has 0 aliphatic carbocycles. The van der Waals surface area contributed by atoms with Gasteiger partial charge in [-0.05, 0) is 36.8 Å². The number of aromatic amines is 2. The number of nitrogens with zero attached hydrogens (tertiary/aromatic N) is 2. The Bertz CT molecular complexity index is 1160. The number of thiazole rings is 1. The zero-order valence-electron chi connectivity index (χ0n) is 14.1. The van der Waals surface area contributed by atoms with Crippen LogP contribution in [0.3, 0.4) is 0 Å². The smallest absolute Gasteiger partial charge is 0.312 e. The Morgan fingerprint density at radius 1 is 1.24 bits per heavy atom. The SMILES string of the molecule is CCCCn1c(C)c2c(=O)n(-c3[nH+]c4ccccc4s3)[nH]c2cc1=O. The minimum atomic E-state index is -0.138. The largest absolute Gasteiger partial charge is 0.369 e. The molecule has 0 unspecified atom stereocenters.